The number of hydrogen-bond donors (Lipinski definition) is 1. The second-order valence-electron chi connectivity index (χ2n) is 4.45. The summed E-state index contributed by atoms with van der Waals surface area (Å²) in [5.74, 6) is 0.165. The summed E-state index contributed by atoms with van der Waals surface area (Å²) in [6, 6.07) is -0.854. The minimum atomic E-state index is -3.16. The molecule has 0 spiro atoms. The second-order valence-corrected chi connectivity index (χ2v) is 6.64. The molecule has 1 atom stereocenters. The molecule has 0 radical (unpaired) electrons. The Morgan fingerprint density at radius 1 is 1.33 bits per heavy atom. The van der Waals surface area contributed by atoms with Gasteiger partial charge >= 0.3 is 0 Å². The van der Waals surface area contributed by atoms with Gasteiger partial charge in [0.25, 0.3) is 0 Å². The fraction of sp³-hybridized carbons (Fsp3) is 0.900. The van der Waals surface area contributed by atoms with Crippen LogP contribution < -0.4 is 5.73 Å². The highest BCUT2D eigenvalue weighted by molar-refractivity contribution is 7.90. The van der Waals surface area contributed by atoms with E-state index in [1.54, 1.807) is 0 Å². The van der Waals surface area contributed by atoms with E-state index in [1.165, 1.54) is 0 Å². The zero-order valence-corrected chi connectivity index (χ0v) is 10.5. The lowest BCUT2D eigenvalue weighted by Crippen LogP contribution is -2.37. The number of ketones is 1. The molecule has 0 aliphatic rings. The third kappa shape index (κ3) is 8.57. The molecule has 0 rings (SSSR count). The molecule has 15 heavy (non-hydrogen) atoms. The molecule has 0 fully saturated rings. The standard InChI is InChI=1S/C10H21NO3S/c1-8(2)5-4-6-10(12)9(11)7-15(3,13)14/h8-9H,4-7,11H2,1-3H3. The van der Waals surface area contributed by atoms with Crippen LogP contribution in [0, 0.1) is 5.92 Å². The van der Waals surface area contributed by atoms with Gasteiger partial charge in [0, 0.05) is 12.7 Å². The van der Waals surface area contributed by atoms with Gasteiger partial charge in [0.1, 0.15) is 9.84 Å². The van der Waals surface area contributed by atoms with E-state index >= 15 is 0 Å². The van der Waals surface area contributed by atoms with E-state index in [2.05, 4.69) is 13.8 Å². The van der Waals surface area contributed by atoms with E-state index in [0.717, 1.165) is 19.1 Å². The van der Waals surface area contributed by atoms with Gasteiger partial charge in [-0.25, -0.2) is 8.42 Å². The number of nitrogens with two attached hydrogens (primary N) is 1. The monoisotopic (exact) mass is 235 g/mol. The van der Waals surface area contributed by atoms with Crippen LogP contribution >= 0.6 is 0 Å². The molecule has 1 unspecified atom stereocenters. The lowest BCUT2D eigenvalue weighted by molar-refractivity contribution is -0.120. The van der Waals surface area contributed by atoms with E-state index in [4.69, 9.17) is 5.73 Å². The predicted octanol–water partition coefficient (Wildman–Crippen LogP) is 0.754. The van der Waals surface area contributed by atoms with Crippen molar-refractivity contribution in [3.8, 4) is 0 Å². The largest absolute Gasteiger partial charge is 0.321 e. The molecule has 2 N–H and O–H groups in total. The Morgan fingerprint density at radius 2 is 1.87 bits per heavy atom. The van der Waals surface area contributed by atoms with Crippen molar-refractivity contribution in [3.63, 3.8) is 0 Å². The summed E-state index contributed by atoms with van der Waals surface area (Å²) in [5, 5.41) is 0. The Labute approximate surface area is 92.2 Å². The van der Waals surface area contributed by atoms with Gasteiger partial charge in [-0.05, 0) is 12.3 Å². The topological polar surface area (TPSA) is 77.2 Å². The number of sulfone groups is 1. The summed E-state index contributed by atoms with van der Waals surface area (Å²) in [4.78, 5) is 11.4. The van der Waals surface area contributed by atoms with Crippen LogP contribution in [0.4, 0.5) is 0 Å². The maximum atomic E-state index is 11.4. The summed E-state index contributed by atoms with van der Waals surface area (Å²) in [6.45, 7) is 4.17. The molecule has 0 aliphatic carbocycles. The first kappa shape index (κ1) is 14.6. The highest BCUT2D eigenvalue weighted by Crippen LogP contribution is 2.07. The fourth-order valence-electron chi connectivity index (χ4n) is 1.29. The van der Waals surface area contributed by atoms with E-state index in [9.17, 15) is 13.2 Å². The highest BCUT2D eigenvalue weighted by atomic mass is 32.2. The first-order valence-electron chi connectivity index (χ1n) is 5.18. The Balaban J connectivity index is 3.90. The van der Waals surface area contributed by atoms with Gasteiger partial charge in [-0.2, -0.15) is 0 Å². The molecule has 0 aromatic carbocycles. The van der Waals surface area contributed by atoms with E-state index < -0.39 is 15.9 Å². The normalized spacial score (nSPS) is 14.2. The van der Waals surface area contributed by atoms with Gasteiger partial charge in [0.15, 0.2) is 5.78 Å². The molecule has 0 aromatic rings. The molecular formula is C10H21NO3S. The quantitative estimate of drug-likeness (QED) is 0.706. The van der Waals surface area contributed by atoms with Gasteiger partial charge in [-0.3, -0.25) is 4.79 Å². The summed E-state index contributed by atoms with van der Waals surface area (Å²) in [5.41, 5.74) is 5.49. The molecule has 0 aromatic heterocycles. The Bertz CT molecular complexity index is 296. The summed E-state index contributed by atoms with van der Waals surface area (Å²) < 4.78 is 21.8. The number of hydrogen-bond acceptors (Lipinski definition) is 4. The van der Waals surface area contributed by atoms with Crippen LogP contribution in [0.5, 0.6) is 0 Å². The lowest BCUT2D eigenvalue weighted by atomic mass is 10.0. The van der Waals surface area contributed by atoms with Crippen LogP contribution in [0.3, 0.4) is 0 Å². The third-order valence-electron chi connectivity index (χ3n) is 2.10. The van der Waals surface area contributed by atoms with Gasteiger partial charge in [0.2, 0.25) is 0 Å². The van der Waals surface area contributed by atoms with Crippen LogP contribution in [0.15, 0.2) is 0 Å². The molecule has 4 nitrogen and oxygen atoms in total. The van der Waals surface area contributed by atoms with Crippen LogP contribution in [-0.4, -0.2) is 32.3 Å². The van der Waals surface area contributed by atoms with E-state index in [1.807, 2.05) is 0 Å². The van der Waals surface area contributed by atoms with Crippen LogP contribution in [0.25, 0.3) is 0 Å². The van der Waals surface area contributed by atoms with Crippen molar-refractivity contribution < 1.29 is 13.2 Å². The second kappa shape index (κ2) is 6.23. The fourth-order valence-corrected chi connectivity index (χ4v) is 2.13. The third-order valence-corrected chi connectivity index (χ3v) is 3.07. The Morgan fingerprint density at radius 3 is 2.27 bits per heavy atom. The average molecular weight is 235 g/mol. The summed E-state index contributed by atoms with van der Waals surface area (Å²) >= 11 is 0. The average Bonchev–Trinajstić information content (AvgIpc) is 1.99. The molecular weight excluding hydrogens is 214 g/mol. The Kier molecular flexibility index (Phi) is 6.05. The van der Waals surface area contributed by atoms with Crippen molar-refractivity contribution in [3.05, 3.63) is 0 Å². The van der Waals surface area contributed by atoms with Gasteiger partial charge in [0.05, 0.1) is 11.8 Å². The van der Waals surface area contributed by atoms with Crippen molar-refractivity contribution in [1.82, 2.24) is 0 Å². The van der Waals surface area contributed by atoms with Crippen molar-refractivity contribution >= 4 is 15.6 Å². The number of carbonyl (C=O) groups is 1. The Hall–Kier alpha value is -0.420. The minimum Gasteiger partial charge on any atom is -0.321 e. The molecule has 0 bridgehead atoms. The summed E-state index contributed by atoms with van der Waals surface area (Å²) in [7, 11) is -3.16. The van der Waals surface area contributed by atoms with Gasteiger partial charge < -0.3 is 5.73 Å². The smallest absolute Gasteiger partial charge is 0.150 e. The number of rotatable bonds is 7. The van der Waals surface area contributed by atoms with Crippen molar-refractivity contribution in [2.24, 2.45) is 11.7 Å². The lowest BCUT2D eigenvalue weighted by Gasteiger charge is -2.09. The molecule has 0 saturated heterocycles. The highest BCUT2D eigenvalue weighted by Gasteiger charge is 2.18. The molecule has 5 heteroatoms. The zero-order valence-electron chi connectivity index (χ0n) is 9.69. The van der Waals surface area contributed by atoms with Crippen molar-refractivity contribution in [1.29, 1.82) is 0 Å². The zero-order chi connectivity index (χ0) is 12.1. The minimum absolute atomic E-state index is 0.152. The number of Topliss-reactive ketones (excluding diaryl/α,β-unsaturated/α-hetero) is 1. The molecule has 0 aliphatic heterocycles. The first-order valence-corrected chi connectivity index (χ1v) is 7.24. The molecule has 90 valence electrons. The van der Waals surface area contributed by atoms with Crippen molar-refractivity contribution in [2.75, 3.05) is 12.0 Å². The van der Waals surface area contributed by atoms with Crippen LogP contribution in [-0.2, 0) is 14.6 Å². The number of carbonyl (C=O) groups excluding carboxylic acids is 1. The van der Waals surface area contributed by atoms with Crippen LogP contribution in [0.2, 0.25) is 0 Å². The SMILES string of the molecule is CC(C)CCCC(=O)C(N)CS(C)(=O)=O. The molecule has 0 saturated carbocycles. The predicted molar refractivity (Wildman–Crippen MR) is 61.4 cm³/mol. The van der Waals surface area contributed by atoms with Crippen molar-refractivity contribution in [2.45, 2.75) is 39.2 Å². The molecule has 0 amide bonds. The van der Waals surface area contributed by atoms with Gasteiger partial charge in [-0.1, -0.05) is 20.3 Å². The molecule has 0 heterocycles. The van der Waals surface area contributed by atoms with E-state index in [0.29, 0.717) is 12.3 Å². The first-order chi connectivity index (χ1) is 6.72. The summed E-state index contributed by atoms with van der Waals surface area (Å²) in [6.07, 6.45) is 3.23. The maximum absolute atomic E-state index is 11.4. The van der Waals surface area contributed by atoms with Gasteiger partial charge in [-0.15, -0.1) is 0 Å². The maximum Gasteiger partial charge on any atom is 0.150 e. The van der Waals surface area contributed by atoms with E-state index in [-0.39, 0.29) is 11.5 Å². The van der Waals surface area contributed by atoms with Crippen LogP contribution in [0.1, 0.15) is 33.1 Å².